The van der Waals surface area contributed by atoms with E-state index in [2.05, 4.69) is 24.3 Å². The third-order valence-electron chi connectivity index (χ3n) is 2.98. The van der Waals surface area contributed by atoms with E-state index in [1.54, 1.807) is 6.07 Å². The van der Waals surface area contributed by atoms with E-state index in [0.717, 1.165) is 11.8 Å². The minimum absolute atomic E-state index is 0.374. The number of aldehydes is 1. The first kappa shape index (κ1) is 12.8. The van der Waals surface area contributed by atoms with Crippen LogP contribution in [-0.4, -0.2) is 6.29 Å². The molecule has 0 saturated carbocycles. The van der Waals surface area contributed by atoms with Crippen molar-refractivity contribution in [2.24, 2.45) is 0 Å². The molecule has 2 aromatic carbocycles. The Bertz CT molecular complexity index is 650. The molecule has 0 aliphatic heterocycles. The fourth-order valence-corrected chi connectivity index (χ4v) is 4.25. The number of benzene rings is 2. The fourth-order valence-electron chi connectivity index (χ4n) is 2.08. The second kappa shape index (κ2) is 5.85. The Morgan fingerprint density at radius 3 is 1.75 bits per heavy atom. The normalized spacial score (nSPS) is 10.7. The SMILES string of the molecule is O=Cc1ccc(P(c2ccccc2)c2ccccc2)o1. The highest BCUT2D eigenvalue weighted by Crippen LogP contribution is 2.32. The Morgan fingerprint density at radius 2 is 1.30 bits per heavy atom. The molecule has 0 N–H and O–H groups in total. The van der Waals surface area contributed by atoms with Gasteiger partial charge in [0.05, 0.1) is 0 Å². The predicted octanol–water partition coefficient (Wildman–Crippen LogP) is 2.85. The van der Waals surface area contributed by atoms with E-state index in [0.29, 0.717) is 5.76 Å². The first-order chi connectivity index (χ1) is 9.88. The monoisotopic (exact) mass is 280 g/mol. The summed E-state index contributed by atoms with van der Waals surface area (Å²) in [4.78, 5) is 10.8. The predicted molar refractivity (Wildman–Crippen MR) is 82.8 cm³/mol. The third-order valence-corrected chi connectivity index (χ3v) is 5.29. The van der Waals surface area contributed by atoms with E-state index in [1.807, 2.05) is 42.5 Å². The molecule has 0 spiro atoms. The van der Waals surface area contributed by atoms with Crippen LogP contribution in [0.1, 0.15) is 10.6 Å². The van der Waals surface area contributed by atoms with Gasteiger partial charge in [0, 0.05) is 7.92 Å². The molecule has 0 fully saturated rings. The molecule has 0 aliphatic carbocycles. The van der Waals surface area contributed by atoms with Gasteiger partial charge in [0.25, 0.3) is 0 Å². The van der Waals surface area contributed by atoms with E-state index in [1.165, 1.54) is 10.6 Å². The Kier molecular flexibility index (Phi) is 3.76. The quantitative estimate of drug-likeness (QED) is 0.543. The molecule has 0 bridgehead atoms. The van der Waals surface area contributed by atoms with Crippen molar-refractivity contribution >= 4 is 30.3 Å². The second-order valence-electron chi connectivity index (χ2n) is 4.30. The Balaban J connectivity index is 2.11. The van der Waals surface area contributed by atoms with Crippen LogP contribution in [0.25, 0.3) is 0 Å². The van der Waals surface area contributed by atoms with Gasteiger partial charge in [-0.25, -0.2) is 0 Å². The van der Waals surface area contributed by atoms with Crippen molar-refractivity contribution in [3.63, 3.8) is 0 Å². The molecule has 3 heteroatoms. The van der Waals surface area contributed by atoms with Crippen molar-refractivity contribution < 1.29 is 9.21 Å². The molecular weight excluding hydrogens is 267 g/mol. The molecule has 2 nitrogen and oxygen atoms in total. The largest absolute Gasteiger partial charge is 0.453 e. The van der Waals surface area contributed by atoms with Gasteiger partial charge in [0.1, 0.15) is 5.50 Å². The molecule has 3 rings (SSSR count). The number of furan rings is 1. The Morgan fingerprint density at radius 1 is 0.750 bits per heavy atom. The first-order valence-electron chi connectivity index (χ1n) is 6.34. The maximum absolute atomic E-state index is 10.8. The van der Waals surface area contributed by atoms with Crippen LogP contribution in [0.3, 0.4) is 0 Å². The summed E-state index contributed by atoms with van der Waals surface area (Å²) >= 11 is 0. The summed E-state index contributed by atoms with van der Waals surface area (Å²) in [7, 11) is -0.756. The van der Waals surface area contributed by atoms with Crippen LogP contribution in [0.4, 0.5) is 0 Å². The number of hydrogen-bond donors (Lipinski definition) is 0. The summed E-state index contributed by atoms with van der Waals surface area (Å²) in [5.41, 5.74) is 0.847. The third kappa shape index (κ3) is 2.56. The molecule has 0 amide bonds. The Labute approximate surface area is 118 Å². The molecule has 3 aromatic rings. The topological polar surface area (TPSA) is 30.2 Å². The van der Waals surface area contributed by atoms with Gasteiger partial charge in [0.15, 0.2) is 12.0 Å². The lowest BCUT2D eigenvalue weighted by molar-refractivity contribution is 0.110. The van der Waals surface area contributed by atoms with Crippen LogP contribution in [-0.2, 0) is 0 Å². The summed E-state index contributed by atoms with van der Waals surface area (Å²) in [6.45, 7) is 0. The molecule has 0 unspecified atom stereocenters. The minimum atomic E-state index is -0.756. The van der Waals surface area contributed by atoms with Crippen molar-refractivity contribution in [3.05, 3.63) is 78.6 Å². The van der Waals surface area contributed by atoms with Gasteiger partial charge in [-0.3, -0.25) is 4.79 Å². The van der Waals surface area contributed by atoms with Gasteiger partial charge in [0.2, 0.25) is 0 Å². The molecule has 0 atom stereocenters. The molecule has 0 saturated heterocycles. The van der Waals surface area contributed by atoms with Crippen molar-refractivity contribution in [1.82, 2.24) is 0 Å². The van der Waals surface area contributed by atoms with Crippen LogP contribution in [0.2, 0.25) is 0 Å². The van der Waals surface area contributed by atoms with Crippen LogP contribution >= 0.6 is 7.92 Å². The van der Waals surface area contributed by atoms with Crippen LogP contribution in [0, 0.1) is 0 Å². The molecular formula is C17H13O2P. The van der Waals surface area contributed by atoms with E-state index >= 15 is 0 Å². The van der Waals surface area contributed by atoms with Crippen LogP contribution in [0.5, 0.6) is 0 Å². The standard InChI is InChI=1S/C17H13O2P/c18-13-14-11-12-17(19-14)20(15-7-3-1-4-8-15)16-9-5-2-6-10-16/h1-13H. The average Bonchev–Trinajstić information content (AvgIpc) is 2.98. The molecule has 1 aromatic heterocycles. The molecule has 98 valence electrons. The van der Waals surface area contributed by atoms with Gasteiger partial charge >= 0.3 is 0 Å². The highest BCUT2D eigenvalue weighted by Gasteiger charge is 2.19. The summed E-state index contributed by atoms with van der Waals surface area (Å²) in [5.74, 6) is 0.374. The van der Waals surface area contributed by atoms with E-state index < -0.39 is 7.92 Å². The summed E-state index contributed by atoms with van der Waals surface area (Å²) < 4.78 is 5.66. The van der Waals surface area contributed by atoms with E-state index in [-0.39, 0.29) is 0 Å². The van der Waals surface area contributed by atoms with Gasteiger partial charge in [-0.1, -0.05) is 60.7 Å². The van der Waals surface area contributed by atoms with Gasteiger partial charge in [-0.15, -0.1) is 0 Å². The summed E-state index contributed by atoms with van der Waals surface area (Å²) in [6, 6.07) is 24.1. The molecule has 1 heterocycles. The first-order valence-corrected chi connectivity index (χ1v) is 7.68. The lowest BCUT2D eigenvalue weighted by Gasteiger charge is -2.15. The van der Waals surface area contributed by atoms with E-state index in [9.17, 15) is 4.79 Å². The smallest absolute Gasteiger partial charge is 0.185 e. The van der Waals surface area contributed by atoms with Gasteiger partial charge in [-0.05, 0) is 22.7 Å². The van der Waals surface area contributed by atoms with Crippen LogP contribution in [0.15, 0.2) is 77.2 Å². The number of rotatable bonds is 4. The maximum Gasteiger partial charge on any atom is 0.185 e. The summed E-state index contributed by atoms with van der Waals surface area (Å²) in [6.07, 6.45) is 0.743. The number of carbonyl (C=O) groups excluding carboxylic acids is 1. The highest BCUT2D eigenvalue weighted by molar-refractivity contribution is 7.79. The van der Waals surface area contributed by atoms with E-state index in [4.69, 9.17) is 4.42 Å². The maximum atomic E-state index is 10.8. The van der Waals surface area contributed by atoms with Crippen molar-refractivity contribution in [2.45, 2.75) is 0 Å². The number of carbonyl (C=O) groups is 1. The molecule has 0 aliphatic rings. The van der Waals surface area contributed by atoms with Crippen molar-refractivity contribution in [2.75, 3.05) is 0 Å². The van der Waals surface area contributed by atoms with Crippen molar-refractivity contribution in [1.29, 1.82) is 0 Å². The van der Waals surface area contributed by atoms with Crippen LogP contribution < -0.4 is 16.1 Å². The second-order valence-corrected chi connectivity index (χ2v) is 6.44. The lowest BCUT2D eigenvalue weighted by atomic mass is 10.4. The fraction of sp³-hybridized carbons (Fsp3) is 0. The number of hydrogen-bond acceptors (Lipinski definition) is 2. The zero-order valence-corrected chi connectivity index (χ0v) is 11.7. The van der Waals surface area contributed by atoms with Gasteiger partial charge in [-0.2, -0.15) is 0 Å². The lowest BCUT2D eigenvalue weighted by Crippen LogP contribution is -2.19. The van der Waals surface area contributed by atoms with Gasteiger partial charge < -0.3 is 4.42 Å². The zero-order chi connectivity index (χ0) is 13.8. The Hall–Kier alpha value is -2.18. The summed E-state index contributed by atoms with van der Waals surface area (Å²) in [5, 5.41) is 2.42. The molecule has 0 radical (unpaired) electrons. The average molecular weight is 280 g/mol. The minimum Gasteiger partial charge on any atom is -0.453 e. The highest BCUT2D eigenvalue weighted by atomic mass is 31.1. The van der Waals surface area contributed by atoms with Crippen molar-refractivity contribution in [3.8, 4) is 0 Å². The molecule has 20 heavy (non-hydrogen) atoms. The zero-order valence-electron chi connectivity index (χ0n) is 10.8.